The molecule has 0 radical (unpaired) electrons. The van der Waals surface area contributed by atoms with E-state index in [-0.39, 0.29) is 0 Å². The van der Waals surface area contributed by atoms with Crippen molar-refractivity contribution < 1.29 is 4.74 Å². The highest BCUT2D eigenvalue weighted by atomic mass is 16.5. The van der Waals surface area contributed by atoms with Gasteiger partial charge in [-0.15, -0.1) is 10.2 Å². The molecule has 0 spiro atoms. The molecule has 0 saturated carbocycles. The zero-order valence-corrected chi connectivity index (χ0v) is 12.0. The Morgan fingerprint density at radius 1 is 1.20 bits per heavy atom. The molecule has 0 unspecified atom stereocenters. The Morgan fingerprint density at radius 2 is 1.95 bits per heavy atom. The Morgan fingerprint density at radius 3 is 2.70 bits per heavy atom. The van der Waals surface area contributed by atoms with Gasteiger partial charge in [-0.25, -0.2) is 0 Å². The van der Waals surface area contributed by atoms with E-state index in [1.54, 1.807) is 0 Å². The summed E-state index contributed by atoms with van der Waals surface area (Å²) in [6, 6.07) is 3.86. The van der Waals surface area contributed by atoms with Gasteiger partial charge in [0.2, 0.25) is 0 Å². The number of hydrogen-bond acceptors (Lipinski definition) is 4. The average molecular weight is 272 g/mol. The predicted octanol–water partition coefficient (Wildman–Crippen LogP) is 2.39. The number of nitrogen functional groups attached to an aromatic ring is 1. The number of aromatic nitrogens is 3. The lowest BCUT2D eigenvalue weighted by molar-refractivity contribution is 0.282. The van der Waals surface area contributed by atoms with Crippen molar-refractivity contribution in [1.29, 1.82) is 0 Å². The van der Waals surface area contributed by atoms with Crippen LogP contribution in [0.1, 0.15) is 35.6 Å². The number of fused-ring (bicyclic) bond motifs is 1. The van der Waals surface area contributed by atoms with Crippen molar-refractivity contribution in [2.45, 2.75) is 46.3 Å². The Balaban J connectivity index is 1.79. The van der Waals surface area contributed by atoms with E-state index in [2.05, 4.69) is 14.8 Å². The maximum atomic E-state index is 5.95. The molecule has 0 atom stereocenters. The highest BCUT2D eigenvalue weighted by Crippen LogP contribution is 2.26. The third kappa shape index (κ3) is 2.35. The Labute approximate surface area is 118 Å². The summed E-state index contributed by atoms with van der Waals surface area (Å²) in [5, 5.41) is 8.49. The number of ether oxygens (including phenoxy) is 1. The maximum Gasteiger partial charge on any atom is 0.171 e. The van der Waals surface area contributed by atoms with Crippen molar-refractivity contribution in [3.63, 3.8) is 0 Å². The molecular weight excluding hydrogens is 252 g/mol. The van der Waals surface area contributed by atoms with E-state index in [0.717, 1.165) is 47.2 Å². The molecule has 2 heterocycles. The fraction of sp³-hybridized carbons (Fsp3) is 0.467. The van der Waals surface area contributed by atoms with E-state index < -0.39 is 0 Å². The molecule has 1 aromatic carbocycles. The van der Waals surface area contributed by atoms with Gasteiger partial charge in [0.05, 0.1) is 0 Å². The minimum atomic E-state index is 0.457. The van der Waals surface area contributed by atoms with Crippen LogP contribution in [0.5, 0.6) is 5.75 Å². The van der Waals surface area contributed by atoms with Gasteiger partial charge in [-0.2, -0.15) is 0 Å². The third-order valence-electron chi connectivity index (χ3n) is 3.76. The highest BCUT2D eigenvalue weighted by Gasteiger charge is 2.16. The second-order valence-electron chi connectivity index (χ2n) is 5.41. The van der Waals surface area contributed by atoms with Crippen molar-refractivity contribution in [2.24, 2.45) is 0 Å². The predicted molar refractivity (Wildman–Crippen MR) is 77.6 cm³/mol. The molecule has 0 bridgehead atoms. The van der Waals surface area contributed by atoms with Crippen LogP contribution < -0.4 is 10.5 Å². The first-order valence-electron chi connectivity index (χ1n) is 7.05. The number of nitrogens with zero attached hydrogens (tertiary/aromatic N) is 3. The molecule has 0 fully saturated rings. The van der Waals surface area contributed by atoms with Crippen molar-refractivity contribution >= 4 is 5.69 Å². The summed E-state index contributed by atoms with van der Waals surface area (Å²) in [4.78, 5) is 0. The maximum absolute atomic E-state index is 5.95. The molecular formula is C15H20N4O. The van der Waals surface area contributed by atoms with Crippen LogP contribution in [0.25, 0.3) is 0 Å². The zero-order valence-electron chi connectivity index (χ0n) is 12.0. The van der Waals surface area contributed by atoms with Gasteiger partial charge < -0.3 is 15.0 Å². The first-order chi connectivity index (χ1) is 9.65. The van der Waals surface area contributed by atoms with Crippen LogP contribution in [0.2, 0.25) is 0 Å². The number of nitrogens with two attached hydrogens (primary N) is 1. The van der Waals surface area contributed by atoms with Crippen LogP contribution in [0.3, 0.4) is 0 Å². The van der Waals surface area contributed by atoms with Crippen molar-refractivity contribution in [2.75, 3.05) is 5.73 Å². The van der Waals surface area contributed by atoms with Crippen LogP contribution in [-0.2, 0) is 19.6 Å². The molecule has 106 valence electrons. The topological polar surface area (TPSA) is 66.0 Å². The van der Waals surface area contributed by atoms with Crippen molar-refractivity contribution in [3.8, 4) is 5.75 Å². The van der Waals surface area contributed by atoms with Crippen molar-refractivity contribution in [3.05, 3.63) is 34.9 Å². The smallest absolute Gasteiger partial charge is 0.171 e. The summed E-state index contributed by atoms with van der Waals surface area (Å²) >= 11 is 0. The molecule has 2 aromatic rings. The fourth-order valence-corrected chi connectivity index (χ4v) is 2.82. The fourth-order valence-electron chi connectivity index (χ4n) is 2.82. The second kappa shape index (κ2) is 5.15. The lowest BCUT2D eigenvalue weighted by Gasteiger charge is -2.16. The lowest BCUT2D eigenvalue weighted by Crippen LogP contribution is -2.14. The molecule has 0 saturated heterocycles. The standard InChI is InChI=1S/C15H20N4O/c1-10-7-12(16)8-11(2)15(10)20-9-14-18-17-13-5-3-4-6-19(13)14/h7-8H,3-6,9,16H2,1-2H3. The summed E-state index contributed by atoms with van der Waals surface area (Å²) in [5.41, 5.74) is 8.71. The van der Waals surface area contributed by atoms with Gasteiger partial charge in [-0.1, -0.05) is 0 Å². The molecule has 0 amide bonds. The molecule has 5 nitrogen and oxygen atoms in total. The molecule has 5 heteroatoms. The van der Waals surface area contributed by atoms with Crippen LogP contribution in [0.15, 0.2) is 12.1 Å². The monoisotopic (exact) mass is 272 g/mol. The molecule has 2 N–H and O–H groups in total. The average Bonchev–Trinajstić information content (AvgIpc) is 2.81. The second-order valence-corrected chi connectivity index (χ2v) is 5.41. The number of hydrogen-bond donors (Lipinski definition) is 1. The van der Waals surface area contributed by atoms with E-state index in [1.807, 2.05) is 26.0 Å². The van der Waals surface area contributed by atoms with E-state index >= 15 is 0 Å². The molecule has 1 aromatic heterocycles. The number of aryl methyl sites for hydroxylation is 3. The summed E-state index contributed by atoms with van der Waals surface area (Å²) in [6.07, 6.45) is 3.42. The van der Waals surface area contributed by atoms with E-state index in [4.69, 9.17) is 10.5 Å². The number of rotatable bonds is 3. The minimum absolute atomic E-state index is 0.457. The van der Waals surface area contributed by atoms with Crippen LogP contribution in [0, 0.1) is 13.8 Å². The van der Waals surface area contributed by atoms with Gasteiger partial charge in [-0.3, -0.25) is 0 Å². The molecule has 1 aliphatic heterocycles. The van der Waals surface area contributed by atoms with Crippen molar-refractivity contribution in [1.82, 2.24) is 14.8 Å². The quantitative estimate of drug-likeness (QED) is 0.871. The Hall–Kier alpha value is -2.04. The summed E-state index contributed by atoms with van der Waals surface area (Å²) < 4.78 is 8.14. The van der Waals surface area contributed by atoms with E-state index in [1.165, 1.54) is 12.8 Å². The zero-order chi connectivity index (χ0) is 14.1. The number of anilines is 1. The molecule has 1 aliphatic rings. The Kier molecular flexibility index (Phi) is 3.34. The van der Waals surface area contributed by atoms with Gasteiger partial charge in [0, 0.05) is 18.7 Å². The largest absolute Gasteiger partial charge is 0.485 e. The SMILES string of the molecule is Cc1cc(N)cc(C)c1OCc1nnc2n1CCCC2. The van der Waals surface area contributed by atoms with Crippen LogP contribution >= 0.6 is 0 Å². The summed E-state index contributed by atoms with van der Waals surface area (Å²) in [7, 11) is 0. The summed E-state index contributed by atoms with van der Waals surface area (Å²) in [6.45, 7) is 5.48. The van der Waals surface area contributed by atoms with E-state index in [9.17, 15) is 0 Å². The number of benzene rings is 1. The first kappa shape index (κ1) is 13.0. The highest BCUT2D eigenvalue weighted by molar-refractivity contribution is 5.52. The minimum Gasteiger partial charge on any atom is -0.485 e. The Bertz CT molecular complexity index is 610. The third-order valence-corrected chi connectivity index (χ3v) is 3.76. The lowest BCUT2D eigenvalue weighted by atomic mass is 10.1. The first-order valence-corrected chi connectivity index (χ1v) is 7.05. The van der Waals surface area contributed by atoms with Crippen LogP contribution in [-0.4, -0.2) is 14.8 Å². The molecule has 20 heavy (non-hydrogen) atoms. The van der Waals surface area contributed by atoms with Crippen LogP contribution in [0.4, 0.5) is 5.69 Å². The molecule has 0 aliphatic carbocycles. The molecule has 3 rings (SSSR count). The van der Waals surface area contributed by atoms with E-state index in [0.29, 0.717) is 6.61 Å². The van der Waals surface area contributed by atoms with Gasteiger partial charge >= 0.3 is 0 Å². The van der Waals surface area contributed by atoms with Gasteiger partial charge in [0.15, 0.2) is 5.82 Å². The van der Waals surface area contributed by atoms with Gasteiger partial charge in [0.1, 0.15) is 18.2 Å². The van der Waals surface area contributed by atoms with Gasteiger partial charge in [0.25, 0.3) is 0 Å². The normalized spacial score (nSPS) is 14.1. The summed E-state index contributed by atoms with van der Waals surface area (Å²) in [5.74, 6) is 2.89. The van der Waals surface area contributed by atoms with Gasteiger partial charge in [-0.05, 0) is 49.9 Å².